The van der Waals surface area contributed by atoms with E-state index in [1.807, 2.05) is 6.92 Å². The SMILES string of the molecule is CCOCC(C)NCC(CC)(CC)CCO. The summed E-state index contributed by atoms with van der Waals surface area (Å²) in [7, 11) is 0. The van der Waals surface area contributed by atoms with E-state index in [0.717, 1.165) is 39.0 Å². The molecule has 0 saturated heterocycles. The van der Waals surface area contributed by atoms with Gasteiger partial charge in [0.25, 0.3) is 0 Å². The molecule has 0 aromatic carbocycles. The summed E-state index contributed by atoms with van der Waals surface area (Å²) in [6.45, 7) is 11.3. The van der Waals surface area contributed by atoms with Crippen LogP contribution < -0.4 is 5.32 Å². The van der Waals surface area contributed by atoms with Crippen molar-refractivity contribution < 1.29 is 9.84 Å². The lowest BCUT2D eigenvalue weighted by atomic mass is 9.79. The second kappa shape index (κ2) is 8.97. The molecule has 3 heteroatoms. The largest absolute Gasteiger partial charge is 0.396 e. The molecule has 0 spiro atoms. The average Bonchev–Trinajstić information content (AvgIpc) is 2.32. The van der Waals surface area contributed by atoms with Gasteiger partial charge in [-0.05, 0) is 38.5 Å². The number of aliphatic hydroxyl groups is 1. The van der Waals surface area contributed by atoms with E-state index in [1.54, 1.807) is 0 Å². The number of rotatable bonds is 10. The van der Waals surface area contributed by atoms with Gasteiger partial charge in [-0.2, -0.15) is 0 Å². The Hall–Kier alpha value is -0.120. The van der Waals surface area contributed by atoms with Crippen LogP contribution in [0.1, 0.15) is 47.0 Å². The molecule has 0 heterocycles. The molecular formula is C13H29NO2. The first-order valence-electron chi connectivity index (χ1n) is 6.56. The summed E-state index contributed by atoms with van der Waals surface area (Å²) in [5.41, 5.74) is 0.245. The van der Waals surface area contributed by atoms with E-state index in [-0.39, 0.29) is 12.0 Å². The molecule has 0 aromatic heterocycles. The zero-order chi connectivity index (χ0) is 12.4. The van der Waals surface area contributed by atoms with Crippen molar-refractivity contribution in [2.45, 2.75) is 53.0 Å². The smallest absolute Gasteiger partial charge is 0.0616 e. The number of ether oxygens (including phenoxy) is 1. The molecule has 0 fully saturated rings. The van der Waals surface area contributed by atoms with Crippen LogP contribution in [0.25, 0.3) is 0 Å². The fraction of sp³-hybridized carbons (Fsp3) is 1.00. The summed E-state index contributed by atoms with van der Waals surface area (Å²) in [5, 5.41) is 12.6. The zero-order valence-corrected chi connectivity index (χ0v) is 11.4. The lowest BCUT2D eigenvalue weighted by Gasteiger charge is -2.32. The Morgan fingerprint density at radius 1 is 1.25 bits per heavy atom. The van der Waals surface area contributed by atoms with Crippen LogP contribution in [0.4, 0.5) is 0 Å². The Morgan fingerprint density at radius 3 is 2.31 bits per heavy atom. The molecule has 0 aliphatic heterocycles. The third-order valence-electron chi connectivity index (χ3n) is 3.54. The lowest BCUT2D eigenvalue weighted by Crippen LogP contribution is -2.40. The molecule has 0 aliphatic carbocycles. The van der Waals surface area contributed by atoms with E-state index >= 15 is 0 Å². The van der Waals surface area contributed by atoms with E-state index in [0.29, 0.717) is 6.04 Å². The fourth-order valence-corrected chi connectivity index (χ4v) is 1.92. The van der Waals surface area contributed by atoms with E-state index < -0.39 is 0 Å². The van der Waals surface area contributed by atoms with Crippen LogP contribution in [0, 0.1) is 5.41 Å². The maximum atomic E-state index is 9.12. The van der Waals surface area contributed by atoms with E-state index in [9.17, 15) is 0 Å². The minimum absolute atomic E-state index is 0.245. The predicted octanol–water partition coefficient (Wildman–Crippen LogP) is 2.19. The lowest BCUT2D eigenvalue weighted by molar-refractivity contribution is 0.113. The molecule has 1 unspecified atom stereocenters. The van der Waals surface area contributed by atoms with Crippen molar-refractivity contribution in [1.82, 2.24) is 5.32 Å². The van der Waals surface area contributed by atoms with E-state index in [2.05, 4.69) is 26.1 Å². The first-order valence-corrected chi connectivity index (χ1v) is 6.56. The molecule has 1 atom stereocenters. The van der Waals surface area contributed by atoms with Gasteiger partial charge in [-0.3, -0.25) is 0 Å². The van der Waals surface area contributed by atoms with Gasteiger partial charge in [0.1, 0.15) is 0 Å². The summed E-state index contributed by atoms with van der Waals surface area (Å²) < 4.78 is 5.38. The molecule has 0 aliphatic rings. The fourth-order valence-electron chi connectivity index (χ4n) is 1.92. The minimum Gasteiger partial charge on any atom is -0.396 e. The monoisotopic (exact) mass is 231 g/mol. The van der Waals surface area contributed by atoms with Crippen LogP contribution in [-0.2, 0) is 4.74 Å². The Morgan fingerprint density at radius 2 is 1.88 bits per heavy atom. The molecule has 0 saturated carbocycles. The van der Waals surface area contributed by atoms with Crippen LogP contribution in [0.5, 0.6) is 0 Å². The average molecular weight is 231 g/mol. The van der Waals surface area contributed by atoms with Crippen molar-refractivity contribution >= 4 is 0 Å². The summed E-state index contributed by atoms with van der Waals surface area (Å²) in [4.78, 5) is 0. The van der Waals surface area contributed by atoms with Gasteiger partial charge < -0.3 is 15.2 Å². The second-order valence-corrected chi connectivity index (χ2v) is 4.62. The number of hydrogen-bond donors (Lipinski definition) is 2. The van der Waals surface area contributed by atoms with Crippen molar-refractivity contribution in [1.29, 1.82) is 0 Å². The summed E-state index contributed by atoms with van der Waals surface area (Å²) >= 11 is 0. The molecule has 0 radical (unpaired) electrons. The van der Waals surface area contributed by atoms with Crippen LogP contribution in [0.2, 0.25) is 0 Å². The third kappa shape index (κ3) is 5.83. The quantitative estimate of drug-likeness (QED) is 0.605. The highest BCUT2D eigenvalue weighted by molar-refractivity contribution is 4.80. The molecule has 2 N–H and O–H groups in total. The Kier molecular flexibility index (Phi) is 8.90. The van der Waals surface area contributed by atoms with Crippen molar-refractivity contribution in [3.8, 4) is 0 Å². The second-order valence-electron chi connectivity index (χ2n) is 4.62. The summed E-state index contributed by atoms with van der Waals surface area (Å²) in [5.74, 6) is 0. The normalized spacial score (nSPS) is 14.1. The standard InChI is InChI=1S/C13H29NO2/c1-5-13(6-2,8-9-15)11-14-12(4)10-16-7-3/h12,14-15H,5-11H2,1-4H3. The Balaban J connectivity index is 3.99. The van der Waals surface area contributed by atoms with Gasteiger partial charge in [0.15, 0.2) is 0 Å². The molecule has 0 rings (SSSR count). The Labute approximate surface area is 101 Å². The molecule has 16 heavy (non-hydrogen) atoms. The highest BCUT2D eigenvalue weighted by Gasteiger charge is 2.25. The molecule has 0 bridgehead atoms. The van der Waals surface area contributed by atoms with Crippen LogP contribution in [-0.4, -0.2) is 37.5 Å². The molecule has 98 valence electrons. The van der Waals surface area contributed by atoms with Gasteiger partial charge in [0, 0.05) is 25.8 Å². The van der Waals surface area contributed by atoms with Crippen molar-refractivity contribution in [3.05, 3.63) is 0 Å². The third-order valence-corrected chi connectivity index (χ3v) is 3.54. The number of aliphatic hydroxyl groups excluding tert-OH is 1. The summed E-state index contributed by atoms with van der Waals surface area (Å²) in [6.07, 6.45) is 3.10. The van der Waals surface area contributed by atoms with Gasteiger partial charge in [-0.25, -0.2) is 0 Å². The number of nitrogens with one attached hydrogen (secondary N) is 1. The van der Waals surface area contributed by atoms with Crippen molar-refractivity contribution in [2.75, 3.05) is 26.4 Å². The van der Waals surface area contributed by atoms with E-state index in [1.165, 1.54) is 0 Å². The first-order chi connectivity index (χ1) is 7.64. The maximum Gasteiger partial charge on any atom is 0.0616 e. The highest BCUT2D eigenvalue weighted by Crippen LogP contribution is 2.29. The molecule has 0 aromatic rings. The van der Waals surface area contributed by atoms with Gasteiger partial charge in [-0.1, -0.05) is 13.8 Å². The van der Waals surface area contributed by atoms with Crippen molar-refractivity contribution in [2.24, 2.45) is 5.41 Å². The predicted molar refractivity (Wildman–Crippen MR) is 68.7 cm³/mol. The maximum absolute atomic E-state index is 9.12. The van der Waals surface area contributed by atoms with Crippen LogP contribution in [0.3, 0.4) is 0 Å². The summed E-state index contributed by atoms with van der Waals surface area (Å²) in [6, 6.07) is 0.385. The zero-order valence-electron chi connectivity index (χ0n) is 11.4. The topological polar surface area (TPSA) is 41.5 Å². The van der Waals surface area contributed by atoms with Gasteiger partial charge in [-0.15, -0.1) is 0 Å². The molecule has 3 nitrogen and oxygen atoms in total. The van der Waals surface area contributed by atoms with E-state index in [4.69, 9.17) is 9.84 Å². The molecule has 0 amide bonds. The highest BCUT2D eigenvalue weighted by atomic mass is 16.5. The number of hydrogen-bond acceptors (Lipinski definition) is 3. The van der Waals surface area contributed by atoms with Gasteiger partial charge >= 0.3 is 0 Å². The molecular weight excluding hydrogens is 202 g/mol. The van der Waals surface area contributed by atoms with Crippen LogP contribution >= 0.6 is 0 Å². The minimum atomic E-state index is 0.245. The van der Waals surface area contributed by atoms with Gasteiger partial charge in [0.05, 0.1) is 6.61 Å². The first kappa shape index (κ1) is 15.9. The van der Waals surface area contributed by atoms with Crippen LogP contribution in [0.15, 0.2) is 0 Å². The van der Waals surface area contributed by atoms with Gasteiger partial charge in [0.2, 0.25) is 0 Å². The van der Waals surface area contributed by atoms with Crippen molar-refractivity contribution in [3.63, 3.8) is 0 Å². The Bertz CT molecular complexity index is 158.